The van der Waals surface area contributed by atoms with Gasteiger partial charge in [-0.05, 0) is 373 Å². The van der Waals surface area contributed by atoms with Crippen LogP contribution in [0.25, 0.3) is 0 Å². The van der Waals surface area contributed by atoms with Crippen molar-refractivity contribution in [3.05, 3.63) is 121 Å². The van der Waals surface area contributed by atoms with E-state index in [0.717, 1.165) is 86.3 Å². The van der Waals surface area contributed by atoms with Crippen molar-refractivity contribution in [1.29, 1.82) is 0 Å². The van der Waals surface area contributed by atoms with Crippen LogP contribution in [0.1, 0.15) is 452 Å². The number of ether oxygens (including phenoxy) is 5. The third-order valence-corrected chi connectivity index (χ3v) is 36.3. The molecule has 0 N–H and O–H groups in total. The average Bonchev–Trinajstić information content (AvgIpc) is 0.787. The van der Waals surface area contributed by atoms with Crippen LogP contribution in [0, 0.1) is 54.1 Å². The van der Waals surface area contributed by atoms with E-state index in [-0.39, 0.29) is 23.5 Å². The lowest BCUT2D eigenvalue weighted by molar-refractivity contribution is -0.0409. The van der Waals surface area contributed by atoms with Crippen molar-refractivity contribution in [2.24, 2.45) is 54.1 Å². The van der Waals surface area contributed by atoms with E-state index in [9.17, 15) is 0 Å². The summed E-state index contributed by atoms with van der Waals surface area (Å²) in [6.07, 6.45) is 92.6. The summed E-state index contributed by atoms with van der Waals surface area (Å²) in [7, 11) is 0. The third kappa shape index (κ3) is 36.6. The number of unbranched alkanes of at least 4 members (excludes halogenated alkanes) is 25. The highest BCUT2D eigenvalue weighted by molar-refractivity contribution is 7.81. The molecule has 0 amide bonds. The van der Waals surface area contributed by atoms with Crippen molar-refractivity contribution in [2.75, 3.05) is 33.0 Å². The van der Waals surface area contributed by atoms with Gasteiger partial charge in [0.1, 0.15) is 28.7 Å². The van der Waals surface area contributed by atoms with Gasteiger partial charge >= 0.3 is 0 Å². The lowest BCUT2D eigenvalue weighted by Gasteiger charge is -2.53. The van der Waals surface area contributed by atoms with E-state index < -0.39 is 0 Å². The molecule has 15 aliphatic carbocycles. The summed E-state index contributed by atoms with van der Waals surface area (Å²) in [5.74, 6) is 4.92. The second kappa shape index (κ2) is 58.6. The fourth-order valence-corrected chi connectivity index (χ4v) is 25.6. The van der Waals surface area contributed by atoms with E-state index in [0.29, 0.717) is 54.1 Å². The van der Waals surface area contributed by atoms with E-state index in [4.69, 9.17) is 86.8 Å². The van der Waals surface area contributed by atoms with Crippen molar-refractivity contribution in [2.45, 2.75) is 476 Å². The number of hydrogen-bond donors (Lipinski definition) is 0. The van der Waals surface area contributed by atoms with Gasteiger partial charge in [0.25, 0.3) is 0 Å². The third-order valence-electron chi connectivity index (χ3n) is 34.9. The molecule has 5 aromatic carbocycles. The van der Waals surface area contributed by atoms with E-state index in [1.807, 2.05) is 121 Å². The van der Waals surface area contributed by atoms with Crippen molar-refractivity contribution in [1.82, 2.24) is 0 Å². The second-order valence-corrected chi connectivity index (χ2v) is 46.2. The Labute approximate surface area is 818 Å². The topological polar surface area (TPSA) is 46.2 Å². The van der Waals surface area contributed by atoms with E-state index in [2.05, 4.69) is 34.6 Å². The quantitative estimate of drug-likeness (QED) is 0.0287. The fourth-order valence-electron chi connectivity index (χ4n) is 24.9. The first kappa shape index (κ1) is 115. The van der Waals surface area contributed by atoms with Crippen LogP contribution in [0.5, 0.6) is 28.7 Å². The van der Waals surface area contributed by atoms with Gasteiger partial charge < -0.3 is 23.7 Å². The summed E-state index contributed by atoms with van der Waals surface area (Å²) in [5.41, 5.74) is 5.72. The van der Waals surface area contributed by atoms with Crippen LogP contribution in [0.4, 0.5) is 23.5 Å². The van der Waals surface area contributed by atoms with Crippen LogP contribution < -0.4 is 23.7 Å². The number of fused-ring (bicyclic) bond motifs is 15. The van der Waals surface area contributed by atoms with E-state index >= 15 is 0 Å². The molecule has 20 rings (SSSR count). The number of hydrogen-bond acceptors (Lipinski definition) is 5. The maximum atomic E-state index is 6.14. The smallest absolute Gasteiger partial charge is 0.119 e. The van der Waals surface area contributed by atoms with Crippen LogP contribution in [0.15, 0.2) is 146 Å². The fraction of sp³-hybridized carbons (Fsp3) is 0.739. The molecule has 15 aliphatic rings. The molecule has 0 spiro atoms. The van der Waals surface area contributed by atoms with Gasteiger partial charge in [-0.1, -0.05) is 290 Å². The minimum absolute atomic E-state index is 0. The summed E-state index contributed by atoms with van der Waals surface area (Å²) in [4.78, 5) is 4.45. The molecular weight excluding hydrogens is 1720 g/mol. The molecule has 5 aromatic rings. The SMILES string of the molecule is CCCCCCCCC12CCC(COc3ccc([S])cc3)(CC1)CC2.CCCCCCCCC12CCC(COc3ccc([S])cc3)(CC1)CC2.CCCCCCCCC12CCC(COc3ccc([S])cc3)(CC1)CC2.CCCCCCCCC12CCC(COc3ccc([S])cc3)(CC1)CC2.CCCCCCCCC12CCC(COc3ccc([S])cc3)(CC1)CC2.F.F.F.F.F. The molecule has 0 unspecified atom stereocenters. The summed E-state index contributed by atoms with van der Waals surface area (Å²) >= 11 is 25.8. The van der Waals surface area contributed by atoms with E-state index in [1.165, 1.54) is 417 Å². The average molecular weight is 1900 g/mol. The molecule has 0 aromatic heterocycles. The number of halogens is 5. The highest BCUT2D eigenvalue weighted by Gasteiger charge is 2.53. The predicted octanol–water partition coefficient (Wildman–Crippen LogP) is 39.3. The Bertz CT molecular complexity index is 3080. The van der Waals surface area contributed by atoms with Gasteiger partial charge in [-0.15, -0.1) is 0 Å². The summed E-state index contributed by atoms with van der Waals surface area (Å²) in [5, 5.41) is 0. The van der Waals surface area contributed by atoms with Gasteiger partial charge in [0.2, 0.25) is 0 Å². The molecule has 0 atom stereocenters. The molecule has 5 radical (unpaired) electrons. The molecule has 15 heteroatoms. The first-order chi connectivity index (χ1) is 60.8. The standard InChI is InChI=1S/5C23H35OS.5FH/c5*1-2-3-4-5-6-7-12-22-13-16-23(17-14-22,18-15-22)19-24-20-8-10-21(25)11-9-20;;;;;/h5*8-11H,2-7,12-19H2,1H3;5*1H. The molecule has 0 heterocycles. The zero-order valence-corrected chi connectivity index (χ0v) is 86.3. The van der Waals surface area contributed by atoms with Gasteiger partial charge in [0.05, 0.1) is 33.0 Å². The lowest BCUT2D eigenvalue weighted by Crippen LogP contribution is -2.44. The Morgan fingerprint density at radius 2 is 0.269 bits per heavy atom. The molecule has 0 saturated heterocycles. The monoisotopic (exact) mass is 1900 g/mol. The Balaban J connectivity index is 0.000000248. The Morgan fingerprint density at radius 3 is 0.392 bits per heavy atom. The second-order valence-electron chi connectivity index (χ2n) is 43.9. The van der Waals surface area contributed by atoms with Crippen LogP contribution in [-0.4, -0.2) is 33.0 Å². The molecule has 15 fully saturated rings. The summed E-state index contributed by atoms with van der Waals surface area (Å²) < 4.78 is 30.7. The Kier molecular flexibility index (Phi) is 51.6. The number of benzene rings is 5. The van der Waals surface area contributed by atoms with Gasteiger partial charge in [-0.25, -0.2) is 0 Å². The zero-order chi connectivity index (χ0) is 87.9. The molecule has 5 nitrogen and oxygen atoms in total. The minimum atomic E-state index is 0. The van der Waals surface area contributed by atoms with Gasteiger partial charge in [-0.3, -0.25) is 23.5 Å². The van der Waals surface area contributed by atoms with Gasteiger partial charge in [0, 0.05) is 51.6 Å². The maximum Gasteiger partial charge on any atom is 0.119 e. The van der Waals surface area contributed by atoms with Crippen LogP contribution in [-0.2, 0) is 0 Å². The van der Waals surface area contributed by atoms with Crippen molar-refractivity contribution >= 4 is 63.1 Å². The van der Waals surface area contributed by atoms with Crippen LogP contribution in [0.2, 0.25) is 0 Å². The maximum absolute atomic E-state index is 6.14. The predicted molar refractivity (Wildman–Crippen MR) is 554 cm³/mol. The minimum Gasteiger partial charge on any atom is -0.493 e. The molecule has 10 bridgehead atoms. The lowest BCUT2D eigenvalue weighted by atomic mass is 9.53. The zero-order valence-electron chi connectivity index (χ0n) is 82.2. The van der Waals surface area contributed by atoms with Gasteiger partial charge in [-0.2, -0.15) is 0 Å². The largest absolute Gasteiger partial charge is 0.493 e. The first-order valence-corrected chi connectivity index (χ1v) is 54.8. The molecule has 0 aliphatic heterocycles. The van der Waals surface area contributed by atoms with Crippen molar-refractivity contribution in [3.8, 4) is 28.7 Å². The first-order valence-electron chi connectivity index (χ1n) is 52.8. The summed E-state index contributed by atoms with van der Waals surface area (Å²) in [6.45, 7) is 16.0. The molecule has 130 heavy (non-hydrogen) atoms. The summed E-state index contributed by atoms with van der Waals surface area (Å²) in [6, 6.07) is 39.9. The molecule has 735 valence electrons. The van der Waals surface area contributed by atoms with Gasteiger partial charge in [0.15, 0.2) is 0 Å². The molecular formula is C115H180F5O5S5. The van der Waals surface area contributed by atoms with Crippen molar-refractivity contribution < 1.29 is 47.2 Å². The van der Waals surface area contributed by atoms with Crippen molar-refractivity contribution in [3.63, 3.8) is 0 Å². The highest BCUT2D eigenvalue weighted by Crippen LogP contribution is 2.64. The Hall–Kier alpha value is -4.15. The normalized spacial score (nSPS) is 27.1. The Morgan fingerprint density at radius 1 is 0.162 bits per heavy atom. The molecule has 15 saturated carbocycles. The van der Waals surface area contributed by atoms with Crippen LogP contribution >= 0.6 is 63.1 Å². The van der Waals surface area contributed by atoms with E-state index in [1.54, 1.807) is 0 Å². The van der Waals surface area contributed by atoms with Crippen LogP contribution in [0.3, 0.4) is 0 Å². The number of rotatable bonds is 50. The highest BCUT2D eigenvalue weighted by atomic mass is 32.1.